The first kappa shape index (κ1) is 19.4. The molecule has 1 heterocycles. The molecular formula is C17H14ClN3O4S2. The lowest BCUT2D eigenvalue weighted by atomic mass is 10.2. The van der Waals surface area contributed by atoms with Crippen molar-refractivity contribution < 1.29 is 14.5 Å². The number of nitrogens with zero attached hydrogens (tertiary/aromatic N) is 2. The highest BCUT2D eigenvalue weighted by molar-refractivity contribution is 8.02. The van der Waals surface area contributed by atoms with Gasteiger partial charge in [-0.15, -0.1) is 11.3 Å². The number of carbonyl (C=O) groups is 1. The fraction of sp³-hybridized carbons (Fsp3) is 0.176. The molecule has 10 heteroatoms. The third-order valence-electron chi connectivity index (χ3n) is 3.63. The van der Waals surface area contributed by atoms with E-state index in [0.29, 0.717) is 10.8 Å². The SMILES string of the molecule is COc1ccc([N+](=O)[O-])cc1NC(=O)C(C)Sc1nc2cc(Cl)ccc2s1. The molecule has 0 radical (unpaired) electrons. The number of carbonyl (C=O) groups excluding carboxylic acids is 1. The highest BCUT2D eigenvalue weighted by atomic mass is 35.5. The first-order valence-electron chi connectivity index (χ1n) is 7.73. The molecule has 1 unspecified atom stereocenters. The second kappa shape index (κ2) is 8.12. The van der Waals surface area contributed by atoms with Crippen molar-refractivity contribution in [2.75, 3.05) is 12.4 Å². The van der Waals surface area contributed by atoms with Gasteiger partial charge in [-0.3, -0.25) is 14.9 Å². The van der Waals surface area contributed by atoms with Crippen molar-refractivity contribution in [1.82, 2.24) is 4.98 Å². The Kier molecular flexibility index (Phi) is 5.83. The van der Waals surface area contributed by atoms with Crippen molar-refractivity contribution in [3.05, 3.63) is 51.5 Å². The molecule has 0 aliphatic carbocycles. The van der Waals surface area contributed by atoms with E-state index in [1.807, 2.05) is 6.07 Å². The summed E-state index contributed by atoms with van der Waals surface area (Å²) in [7, 11) is 1.43. The number of thiazole rings is 1. The maximum atomic E-state index is 12.5. The van der Waals surface area contributed by atoms with Crippen LogP contribution in [0.2, 0.25) is 5.02 Å². The van der Waals surface area contributed by atoms with E-state index in [-0.39, 0.29) is 17.3 Å². The summed E-state index contributed by atoms with van der Waals surface area (Å²) in [6.07, 6.45) is 0. The summed E-state index contributed by atoms with van der Waals surface area (Å²) < 4.78 is 6.88. The third-order valence-corrected chi connectivity index (χ3v) is 6.09. The fourth-order valence-corrected chi connectivity index (χ4v) is 4.63. The Morgan fingerprint density at radius 1 is 1.37 bits per heavy atom. The standard InChI is InChI=1S/C17H14ClN3O4S2/c1-9(26-17-20-13-7-10(18)3-6-15(13)27-17)16(22)19-12-8-11(21(23)24)4-5-14(12)25-2/h3-9H,1-2H3,(H,19,22). The van der Waals surface area contributed by atoms with Gasteiger partial charge in [0, 0.05) is 17.2 Å². The molecule has 0 aliphatic rings. The van der Waals surface area contributed by atoms with Crippen LogP contribution in [0, 0.1) is 10.1 Å². The summed E-state index contributed by atoms with van der Waals surface area (Å²) in [5.74, 6) is 0.0388. The highest BCUT2D eigenvalue weighted by Gasteiger charge is 2.20. The number of amides is 1. The molecule has 2 aromatic carbocycles. The monoisotopic (exact) mass is 423 g/mol. The van der Waals surface area contributed by atoms with Gasteiger partial charge in [0.25, 0.3) is 5.69 Å². The molecule has 0 fully saturated rings. The van der Waals surface area contributed by atoms with E-state index in [2.05, 4.69) is 10.3 Å². The quantitative estimate of drug-likeness (QED) is 0.341. The van der Waals surface area contributed by atoms with Gasteiger partial charge in [-0.25, -0.2) is 4.98 Å². The number of thioether (sulfide) groups is 1. The van der Waals surface area contributed by atoms with Crippen LogP contribution < -0.4 is 10.1 Å². The number of nitrogens with one attached hydrogen (secondary N) is 1. The van der Waals surface area contributed by atoms with Gasteiger partial charge in [0.2, 0.25) is 5.91 Å². The lowest BCUT2D eigenvalue weighted by Gasteiger charge is -2.13. The second-order valence-electron chi connectivity index (χ2n) is 5.48. The van der Waals surface area contributed by atoms with Crippen molar-refractivity contribution in [3.8, 4) is 5.75 Å². The topological polar surface area (TPSA) is 94.4 Å². The number of ether oxygens (including phenoxy) is 1. The molecule has 7 nitrogen and oxygen atoms in total. The zero-order valence-corrected chi connectivity index (χ0v) is 16.7. The van der Waals surface area contributed by atoms with Gasteiger partial charge in [0.05, 0.1) is 33.2 Å². The number of nitro groups is 1. The lowest BCUT2D eigenvalue weighted by Crippen LogP contribution is -2.22. The van der Waals surface area contributed by atoms with Crippen LogP contribution in [0.25, 0.3) is 10.2 Å². The van der Waals surface area contributed by atoms with Crippen molar-refractivity contribution in [2.45, 2.75) is 16.5 Å². The van der Waals surface area contributed by atoms with Gasteiger partial charge in [-0.2, -0.15) is 0 Å². The minimum absolute atomic E-state index is 0.130. The zero-order chi connectivity index (χ0) is 19.6. The maximum Gasteiger partial charge on any atom is 0.271 e. The summed E-state index contributed by atoms with van der Waals surface area (Å²) in [5, 5.41) is 13.8. The van der Waals surface area contributed by atoms with Crippen LogP contribution in [0.15, 0.2) is 40.7 Å². The number of benzene rings is 2. The number of methoxy groups -OCH3 is 1. The average molecular weight is 424 g/mol. The first-order chi connectivity index (χ1) is 12.9. The second-order valence-corrected chi connectivity index (χ2v) is 8.54. The maximum absolute atomic E-state index is 12.5. The van der Waals surface area contributed by atoms with Gasteiger partial charge < -0.3 is 10.1 Å². The van der Waals surface area contributed by atoms with Crippen LogP contribution in [0.5, 0.6) is 5.75 Å². The van der Waals surface area contributed by atoms with E-state index < -0.39 is 10.2 Å². The number of fused-ring (bicyclic) bond motifs is 1. The Balaban J connectivity index is 1.75. The molecule has 1 amide bonds. The summed E-state index contributed by atoms with van der Waals surface area (Å²) >= 11 is 8.75. The number of rotatable bonds is 6. The fourth-order valence-electron chi connectivity index (χ4n) is 2.28. The normalized spacial score (nSPS) is 12.0. The summed E-state index contributed by atoms with van der Waals surface area (Å²) in [6.45, 7) is 1.74. The van der Waals surface area contributed by atoms with Gasteiger partial charge >= 0.3 is 0 Å². The largest absolute Gasteiger partial charge is 0.495 e. The molecule has 3 rings (SSSR count). The Bertz CT molecular complexity index is 1020. The molecule has 0 spiro atoms. The number of hydrogen-bond donors (Lipinski definition) is 1. The van der Waals surface area contributed by atoms with Crippen LogP contribution in [0.3, 0.4) is 0 Å². The predicted molar refractivity (Wildman–Crippen MR) is 108 cm³/mol. The molecule has 0 aliphatic heterocycles. The van der Waals surface area contributed by atoms with E-state index in [4.69, 9.17) is 16.3 Å². The van der Waals surface area contributed by atoms with Crippen LogP contribution in [-0.4, -0.2) is 28.2 Å². The molecular weight excluding hydrogens is 410 g/mol. The molecule has 27 heavy (non-hydrogen) atoms. The van der Waals surface area contributed by atoms with E-state index in [1.165, 1.54) is 48.4 Å². The summed E-state index contributed by atoms with van der Waals surface area (Å²) in [4.78, 5) is 27.4. The van der Waals surface area contributed by atoms with E-state index in [1.54, 1.807) is 19.1 Å². The van der Waals surface area contributed by atoms with Crippen molar-refractivity contribution in [2.24, 2.45) is 0 Å². The molecule has 0 bridgehead atoms. The molecule has 1 atom stereocenters. The van der Waals surface area contributed by atoms with Gasteiger partial charge in [0.1, 0.15) is 5.75 Å². The molecule has 3 aromatic rings. The van der Waals surface area contributed by atoms with E-state index >= 15 is 0 Å². The number of hydrogen-bond acceptors (Lipinski definition) is 7. The Morgan fingerprint density at radius 3 is 2.85 bits per heavy atom. The highest BCUT2D eigenvalue weighted by Crippen LogP contribution is 2.34. The molecule has 0 saturated heterocycles. The smallest absolute Gasteiger partial charge is 0.271 e. The van der Waals surface area contributed by atoms with Crippen molar-refractivity contribution >= 4 is 62.2 Å². The minimum Gasteiger partial charge on any atom is -0.495 e. The van der Waals surface area contributed by atoms with E-state index in [0.717, 1.165) is 14.6 Å². The predicted octanol–water partition coefficient (Wildman–Crippen LogP) is 4.99. The summed E-state index contributed by atoms with van der Waals surface area (Å²) in [5.41, 5.74) is 0.901. The Hall–Kier alpha value is -2.36. The van der Waals surface area contributed by atoms with Crippen LogP contribution >= 0.6 is 34.7 Å². The van der Waals surface area contributed by atoms with Crippen LogP contribution in [0.1, 0.15) is 6.92 Å². The number of nitro benzene ring substituents is 1. The zero-order valence-electron chi connectivity index (χ0n) is 14.3. The lowest BCUT2D eigenvalue weighted by molar-refractivity contribution is -0.384. The van der Waals surface area contributed by atoms with Gasteiger partial charge in [-0.05, 0) is 31.2 Å². The average Bonchev–Trinajstić information content (AvgIpc) is 3.02. The molecule has 1 N–H and O–H groups in total. The van der Waals surface area contributed by atoms with Crippen molar-refractivity contribution in [1.29, 1.82) is 0 Å². The number of anilines is 1. The minimum atomic E-state index is -0.528. The Morgan fingerprint density at radius 2 is 2.15 bits per heavy atom. The van der Waals surface area contributed by atoms with Crippen LogP contribution in [0.4, 0.5) is 11.4 Å². The number of non-ortho nitro benzene ring substituents is 1. The number of aromatic nitrogens is 1. The van der Waals surface area contributed by atoms with E-state index in [9.17, 15) is 14.9 Å². The molecule has 140 valence electrons. The third kappa shape index (κ3) is 4.49. The molecule has 1 aromatic heterocycles. The van der Waals surface area contributed by atoms with Gasteiger partial charge in [0.15, 0.2) is 4.34 Å². The van der Waals surface area contributed by atoms with Gasteiger partial charge in [-0.1, -0.05) is 23.4 Å². The first-order valence-corrected chi connectivity index (χ1v) is 9.81. The molecule has 0 saturated carbocycles. The number of halogens is 1. The van der Waals surface area contributed by atoms with Crippen LogP contribution in [-0.2, 0) is 4.79 Å². The Labute approximate surface area is 167 Å². The van der Waals surface area contributed by atoms with Crippen molar-refractivity contribution in [3.63, 3.8) is 0 Å². The summed E-state index contributed by atoms with van der Waals surface area (Å²) in [6, 6.07) is 9.49.